The average molecular weight is 1450 g/mol. The molecule has 8 aromatic heterocycles. The number of H-pyrrole nitrogens is 3. The highest BCUT2D eigenvalue weighted by atomic mass is 15.3. The van der Waals surface area contributed by atoms with Crippen LogP contribution in [0.15, 0.2) is 197 Å². The number of aromatic nitrogens is 17. The summed E-state index contributed by atoms with van der Waals surface area (Å²) in [6.07, 6.45) is 33.1. The molecule has 0 aliphatic carbocycles. The summed E-state index contributed by atoms with van der Waals surface area (Å²) in [5.41, 5.74) is 2.47. The first-order chi connectivity index (χ1) is 49.2. The van der Waals surface area contributed by atoms with E-state index in [0.29, 0.717) is 11.8 Å². The van der Waals surface area contributed by atoms with Gasteiger partial charge in [-0.05, 0) is 95.2 Å². The van der Waals surface area contributed by atoms with E-state index in [4.69, 9.17) is 0 Å². The predicted octanol–water partition coefficient (Wildman–Crippen LogP) is 27.8. The minimum Gasteiger partial charge on any atom is -0.351 e. The lowest BCUT2D eigenvalue weighted by Crippen LogP contribution is -1.91. The van der Waals surface area contributed by atoms with Crippen LogP contribution < -0.4 is 0 Å². The molecule has 103 heavy (non-hydrogen) atoms. The summed E-state index contributed by atoms with van der Waals surface area (Å²) in [5, 5.41) is 29.5. The molecule has 0 radical (unpaired) electrons. The van der Waals surface area contributed by atoms with Crippen molar-refractivity contribution in [1.82, 2.24) is 85.9 Å². The molecule has 9 rings (SSSR count). The zero-order chi connectivity index (χ0) is 84.0. The third-order valence-corrected chi connectivity index (χ3v) is 5.72. The molecule has 0 spiro atoms. The third-order valence-electron chi connectivity index (χ3n) is 5.72. The molecule has 0 amide bonds. The van der Waals surface area contributed by atoms with Gasteiger partial charge >= 0.3 is 0 Å². The fraction of sp³-hybridized carbons (Fsp3) is 0.605. The molecule has 9 aromatic rings. The highest BCUT2D eigenvalue weighted by molar-refractivity contribution is 5.17. The average Bonchev–Trinajstić information content (AvgIpc) is 1.36. The first-order valence-corrected chi connectivity index (χ1v) is 38.5. The summed E-state index contributed by atoms with van der Waals surface area (Å²) in [5.74, 6) is 6.98. The Balaban J connectivity index is -0.0000000555. The number of rotatable bonds is 2. The van der Waals surface area contributed by atoms with Crippen molar-refractivity contribution in [3.05, 3.63) is 208 Å². The molecule has 3 N–H and O–H groups in total. The minimum atomic E-state index is 0.485. The normalized spacial score (nSPS) is 7.77. The smallest absolute Gasteiger partial charge is 0.138 e. The van der Waals surface area contributed by atoms with Crippen molar-refractivity contribution in [2.24, 2.45) is 41.4 Å². The second-order valence-electron chi connectivity index (χ2n) is 22.8. The summed E-state index contributed by atoms with van der Waals surface area (Å²) in [6, 6.07) is 23.5. The van der Waals surface area contributed by atoms with Gasteiger partial charge in [-0.2, -0.15) is 35.8 Å². The van der Waals surface area contributed by atoms with Crippen LogP contribution in [-0.2, 0) is 0 Å². The van der Waals surface area contributed by atoms with Crippen molar-refractivity contribution in [2.75, 3.05) is 0 Å². The standard InChI is InChI=1S/C9H12.C7H10N2.C5H5N.2C4H4N2.7C4H10.C3H3N3.2C3H4N2.C2H3N3.9C2H6/c1-8(2)9-6-4-3-5-7-9;1-6(2)7-5-8-3-4-9-7;1-2-4-6-5-3-1;1-2-5-4-6-3-1;1-2-4-6-5-3-1;7*1-4(2)3;1-2-5-6-3-4-1;1-2-5-3-4-1;2*1-2-4-5-3-1;9*1-2/h3-8H,1-2H3;3-6H,1-2H3;1-5H;2*1-4H;7*4H,1-3H3;1-3H;2*1-3H,(H,4,5);1-2H,(H,3,4,5);9*1-2H3. The lowest BCUT2D eigenvalue weighted by atomic mass is 10.0. The molecule has 0 saturated carbocycles. The van der Waals surface area contributed by atoms with Gasteiger partial charge in [0, 0.05) is 86.8 Å². The molecule has 0 fully saturated rings. The Morgan fingerprint density at radius 2 is 0.602 bits per heavy atom. The molecule has 602 valence electrons. The molecule has 17 heteroatoms. The van der Waals surface area contributed by atoms with Crippen LogP contribution in [-0.4, -0.2) is 85.9 Å². The largest absolute Gasteiger partial charge is 0.351 e. The van der Waals surface area contributed by atoms with E-state index in [1.165, 1.54) is 24.4 Å². The van der Waals surface area contributed by atoms with Gasteiger partial charge in [-0.1, -0.05) is 334 Å². The molecule has 1 aromatic carbocycles. The van der Waals surface area contributed by atoms with Crippen LogP contribution in [0.1, 0.15) is 321 Å². The van der Waals surface area contributed by atoms with E-state index in [9.17, 15) is 0 Å². The fourth-order valence-electron chi connectivity index (χ4n) is 3.07. The second-order valence-corrected chi connectivity index (χ2v) is 22.8. The van der Waals surface area contributed by atoms with E-state index in [2.05, 4.69) is 283 Å². The molecular formula is C86H173N17. The van der Waals surface area contributed by atoms with E-state index < -0.39 is 0 Å². The molecule has 0 saturated heterocycles. The van der Waals surface area contributed by atoms with Gasteiger partial charge in [0.25, 0.3) is 0 Å². The third kappa shape index (κ3) is 263. The summed E-state index contributed by atoms with van der Waals surface area (Å²) in [4.78, 5) is 29.2. The maximum atomic E-state index is 4.12. The van der Waals surface area contributed by atoms with Crippen LogP contribution in [0.2, 0.25) is 0 Å². The van der Waals surface area contributed by atoms with Gasteiger partial charge in [-0.25, -0.2) is 19.9 Å². The van der Waals surface area contributed by atoms with Crippen LogP contribution in [0.25, 0.3) is 0 Å². The maximum Gasteiger partial charge on any atom is 0.138 e. The molecule has 0 unspecified atom stereocenters. The lowest BCUT2D eigenvalue weighted by molar-refractivity contribution is 0.736. The minimum absolute atomic E-state index is 0.485. The SMILES string of the molecule is CC.CC.CC.CC.CC.CC.CC.CC.CC.CC(C)C.CC(C)C.CC(C)C.CC(C)C.CC(C)C.CC(C)C.CC(C)C.CC(C)c1ccccc1.CC(C)c1cnccn1.c1c[nH]cn1.c1ccncc1.c1ccnnc1.c1cn[nH]c1.c1cn[nH]n1.c1cncnc1.c1cnncn1. The van der Waals surface area contributed by atoms with Crippen molar-refractivity contribution < 1.29 is 0 Å². The summed E-state index contributed by atoms with van der Waals surface area (Å²) < 4.78 is 0. The molecule has 0 aliphatic rings. The molecule has 0 atom stereocenters. The molecular weight excluding hydrogens is 1270 g/mol. The first kappa shape index (κ1) is 135. The lowest BCUT2D eigenvalue weighted by Gasteiger charge is -2.01. The Bertz CT molecular complexity index is 1810. The fourth-order valence-corrected chi connectivity index (χ4v) is 3.07. The zero-order valence-corrected chi connectivity index (χ0v) is 75.4. The summed E-state index contributed by atoms with van der Waals surface area (Å²) in [7, 11) is 0. The Labute approximate surface area is 642 Å². The van der Waals surface area contributed by atoms with E-state index in [0.717, 1.165) is 47.1 Å². The number of benzene rings is 1. The van der Waals surface area contributed by atoms with Crippen molar-refractivity contribution in [3.8, 4) is 0 Å². The number of nitrogens with one attached hydrogen (secondary N) is 3. The number of aromatic amines is 3. The van der Waals surface area contributed by atoms with Crippen LogP contribution in [0.4, 0.5) is 0 Å². The highest BCUT2D eigenvalue weighted by Gasteiger charge is 1.96. The monoisotopic (exact) mass is 1440 g/mol. The molecule has 17 nitrogen and oxygen atoms in total. The second kappa shape index (κ2) is 149. The Morgan fingerprint density at radius 3 is 0.728 bits per heavy atom. The zero-order valence-electron chi connectivity index (χ0n) is 75.4. The van der Waals surface area contributed by atoms with Crippen LogP contribution in [0.3, 0.4) is 0 Å². The quantitative estimate of drug-likeness (QED) is 0.146. The molecule has 0 bridgehead atoms. The number of pyridine rings is 1. The summed E-state index contributed by atoms with van der Waals surface area (Å²) >= 11 is 0. The van der Waals surface area contributed by atoms with Crippen molar-refractivity contribution in [3.63, 3.8) is 0 Å². The topological polar surface area (TPSA) is 228 Å². The maximum absolute atomic E-state index is 4.12. The first-order valence-electron chi connectivity index (χ1n) is 38.5. The van der Waals surface area contributed by atoms with Gasteiger partial charge in [-0.15, -0.1) is 5.10 Å². The number of imidazole rings is 1. The molecule has 0 aliphatic heterocycles. The Kier molecular flexibility index (Phi) is 194. The molecule has 8 heterocycles. The number of hydrogen-bond donors (Lipinski definition) is 3. The van der Waals surface area contributed by atoms with Gasteiger partial charge in [0.15, 0.2) is 0 Å². The Morgan fingerprint density at radius 1 is 0.252 bits per heavy atom. The highest BCUT2D eigenvalue weighted by Crippen LogP contribution is 2.11. The predicted molar refractivity (Wildman–Crippen MR) is 464 cm³/mol. The van der Waals surface area contributed by atoms with Gasteiger partial charge in [0.2, 0.25) is 0 Å². The van der Waals surface area contributed by atoms with Crippen LogP contribution in [0.5, 0.6) is 0 Å². The Hall–Kier alpha value is -7.82. The van der Waals surface area contributed by atoms with Gasteiger partial charge in [0.1, 0.15) is 12.7 Å². The van der Waals surface area contributed by atoms with Gasteiger partial charge in [-0.3, -0.25) is 20.1 Å². The van der Waals surface area contributed by atoms with Crippen LogP contribution >= 0.6 is 0 Å². The van der Waals surface area contributed by atoms with Crippen molar-refractivity contribution in [2.45, 2.75) is 310 Å². The van der Waals surface area contributed by atoms with Crippen molar-refractivity contribution in [1.29, 1.82) is 0 Å². The van der Waals surface area contributed by atoms with E-state index in [-0.39, 0.29) is 0 Å². The summed E-state index contributed by atoms with van der Waals surface area (Å²) in [6.45, 7) is 90.1. The van der Waals surface area contributed by atoms with Crippen LogP contribution in [0, 0.1) is 41.4 Å². The van der Waals surface area contributed by atoms with E-state index in [1.54, 1.807) is 112 Å². The van der Waals surface area contributed by atoms with Crippen molar-refractivity contribution >= 4 is 0 Å². The van der Waals surface area contributed by atoms with E-state index >= 15 is 0 Å². The van der Waals surface area contributed by atoms with E-state index in [1.807, 2.05) is 167 Å². The number of nitrogens with zero attached hydrogens (tertiary/aromatic N) is 14. The van der Waals surface area contributed by atoms with Gasteiger partial charge in [0.05, 0.1) is 30.6 Å². The van der Waals surface area contributed by atoms with Gasteiger partial charge < -0.3 is 4.98 Å². The number of hydrogen-bond acceptors (Lipinski definition) is 14.